The largest absolute Gasteiger partial charge is 0.422 e. The summed E-state index contributed by atoms with van der Waals surface area (Å²) < 4.78 is 30.5. The molecular weight excluding hydrogens is 374 g/mol. The topological polar surface area (TPSA) is 63.7 Å². The van der Waals surface area contributed by atoms with Crippen LogP contribution in [0.1, 0.15) is 17.5 Å². The summed E-state index contributed by atoms with van der Waals surface area (Å²) in [6.07, 6.45) is 3.55. The Balaban J connectivity index is 1.67. The molecule has 0 aromatic heterocycles. The van der Waals surface area contributed by atoms with Crippen molar-refractivity contribution in [3.63, 3.8) is 0 Å². The van der Waals surface area contributed by atoms with E-state index in [9.17, 15) is 13.2 Å². The minimum absolute atomic E-state index is 0.183. The number of hydrogen-bond acceptors (Lipinski definition) is 4. The number of sulfonamides is 1. The first-order valence-corrected chi connectivity index (χ1v) is 10.1. The fourth-order valence-corrected chi connectivity index (χ4v) is 4.40. The Hall–Kier alpha value is -2.31. The highest BCUT2D eigenvalue weighted by Gasteiger charge is 2.28. The van der Waals surface area contributed by atoms with Crippen LogP contribution in [0.25, 0.3) is 6.08 Å². The normalized spacial score (nSPS) is 16.2. The maximum Gasteiger partial charge on any atom is 0.336 e. The number of aryl methyl sites for hydroxylation is 1. The summed E-state index contributed by atoms with van der Waals surface area (Å²) in [5, 5.41) is 0.369. The third-order valence-corrected chi connectivity index (χ3v) is 6.17. The van der Waals surface area contributed by atoms with Gasteiger partial charge in [0.1, 0.15) is 5.75 Å². The minimum Gasteiger partial charge on any atom is -0.422 e. The van der Waals surface area contributed by atoms with Crippen LogP contribution in [0.4, 0.5) is 5.69 Å². The highest BCUT2D eigenvalue weighted by molar-refractivity contribution is 7.93. The van der Waals surface area contributed by atoms with E-state index in [4.69, 9.17) is 16.3 Å². The molecule has 0 N–H and O–H groups in total. The number of anilines is 1. The second kappa shape index (κ2) is 7.51. The van der Waals surface area contributed by atoms with Crippen molar-refractivity contribution < 1.29 is 17.9 Å². The maximum absolute atomic E-state index is 12.0. The van der Waals surface area contributed by atoms with E-state index in [2.05, 4.69) is 0 Å². The van der Waals surface area contributed by atoms with Gasteiger partial charge in [-0.2, -0.15) is 0 Å². The molecule has 1 aliphatic heterocycles. The van der Waals surface area contributed by atoms with Gasteiger partial charge < -0.3 is 4.74 Å². The van der Waals surface area contributed by atoms with E-state index in [0.29, 0.717) is 29.4 Å². The molecular formula is C19H18ClNO4S. The third-order valence-electron chi connectivity index (χ3n) is 3.99. The molecule has 1 fully saturated rings. The molecule has 136 valence electrons. The van der Waals surface area contributed by atoms with E-state index in [1.807, 2.05) is 13.0 Å². The Bertz CT molecular complexity index is 952. The number of carbonyl (C=O) groups excluding carboxylic acids is 1. The van der Waals surface area contributed by atoms with Gasteiger partial charge in [-0.05, 0) is 54.8 Å². The molecule has 0 amide bonds. The minimum atomic E-state index is -3.19. The lowest BCUT2D eigenvalue weighted by Crippen LogP contribution is -2.24. The molecule has 0 aliphatic carbocycles. The summed E-state index contributed by atoms with van der Waals surface area (Å²) in [4.78, 5) is 12.0. The molecule has 0 unspecified atom stereocenters. The maximum atomic E-state index is 12.0. The molecule has 5 nitrogen and oxygen atoms in total. The highest BCUT2D eigenvalue weighted by Crippen LogP contribution is 2.26. The average Bonchev–Trinajstić information content (AvgIpc) is 2.96. The fourth-order valence-electron chi connectivity index (χ4n) is 2.68. The zero-order chi connectivity index (χ0) is 18.7. The van der Waals surface area contributed by atoms with E-state index in [1.54, 1.807) is 42.5 Å². The molecule has 0 spiro atoms. The predicted molar refractivity (Wildman–Crippen MR) is 103 cm³/mol. The van der Waals surface area contributed by atoms with Crippen LogP contribution in [0.15, 0.2) is 48.5 Å². The van der Waals surface area contributed by atoms with E-state index >= 15 is 0 Å². The van der Waals surface area contributed by atoms with Gasteiger partial charge >= 0.3 is 5.97 Å². The van der Waals surface area contributed by atoms with Crippen molar-refractivity contribution in [2.45, 2.75) is 13.3 Å². The van der Waals surface area contributed by atoms with Gasteiger partial charge in [-0.15, -0.1) is 0 Å². The number of hydrogen-bond donors (Lipinski definition) is 0. The lowest BCUT2D eigenvalue weighted by molar-refractivity contribution is -0.128. The molecule has 0 saturated carbocycles. The molecule has 2 aromatic rings. The Morgan fingerprint density at radius 1 is 1.19 bits per heavy atom. The van der Waals surface area contributed by atoms with Crippen molar-refractivity contribution in [3.8, 4) is 5.75 Å². The molecule has 1 saturated heterocycles. The number of nitrogens with zero attached hydrogens (tertiary/aromatic N) is 1. The van der Waals surface area contributed by atoms with E-state index < -0.39 is 16.0 Å². The van der Waals surface area contributed by atoms with Crippen LogP contribution in [0.2, 0.25) is 5.02 Å². The number of rotatable bonds is 4. The zero-order valence-electron chi connectivity index (χ0n) is 14.2. The number of benzene rings is 2. The van der Waals surface area contributed by atoms with Crippen LogP contribution >= 0.6 is 11.6 Å². The third kappa shape index (κ3) is 4.26. The van der Waals surface area contributed by atoms with Gasteiger partial charge in [-0.1, -0.05) is 29.8 Å². The Morgan fingerprint density at radius 3 is 2.58 bits per heavy atom. The Labute approximate surface area is 157 Å². The SMILES string of the molecule is Cc1ccc(Cl)c(OC(=O)/C=C/c2ccc(N3CCCS3(=O)=O)cc2)c1. The van der Waals surface area contributed by atoms with Crippen molar-refractivity contribution in [2.75, 3.05) is 16.6 Å². The lowest BCUT2D eigenvalue weighted by Gasteiger charge is -2.16. The van der Waals surface area contributed by atoms with E-state index in [1.165, 1.54) is 10.4 Å². The fraction of sp³-hybridized carbons (Fsp3) is 0.211. The molecule has 2 aromatic carbocycles. The molecule has 7 heteroatoms. The monoisotopic (exact) mass is 391 g/mol. The predicted octanol–water partition coefficient (Wildman–Crippen LogP) is 3.81. The first kappa shape index (κ1) is 18.5. The van der Waals surface area contributed by atoms with Crippen molar-refractivity contribution >= 4 is 39.4 Å². The van der Waals surface area contributed by atoms with Gasteiger partial charge in [-0.25, -0.2) is 13.2 Å². The van der Waals surface area contributed by atoms with Gasteiger partial charge in [0.2, 0.25) is 10.0 Å². The van der Waals surface area contributed by atoms with Crippen molar-refractivity contribution in [1.82, 2.24) is 0 Å². The highest BCUT2D eigenvalue weighted by atomic mass is 35.5. The first-order valence-electron chi connectivity index (χ1n) is 8.12. The smallest absolute Gasteiger partial charge is 0.336 e. The Kier molecular flexibility index (Phi) is 5.34. The number of carbonyl (C=O) groups is 1. The summed E-state index contributed by atoms with van der Waals surface area (Å²) >= 11 is 6.01. The first-order chi connectivity index (χ1) is 12.3. The van der Waals surface area contributed by atoms with Crippen molar-refractivity contribution in [2.24, 2.45) is 0 Å². The zero-order valence-corrected chi connectivity index (χ0v) is 15.8. The van der Waals surface area contributed by atoms with Crippen LogP contribution < -0.4 is 9.04 Å². The van der Waals surface area contributed by atoms with Gasteiger partial charge in [0.15, 0.2) is 0 Å². The lowest BCUT2D eigenvalue weighted by atomic mass is 10.2. The van der Waals surface area contributed by atoms with Gasteiger partial charge in [-0.3, -0.25) is 4.31 Å². The standard InChI is InChI=1S/C19H18ClNO4S/c1-14-3-9-17(20)18(13-14)25-19(22)10-6-15-4-7-16(8-5-15)21-11-2-12-26(21,23)24/h3-10,13H,2,11-12H2,1H3/b10-6+. The van der Waals surface area contributed by atoms with Gasteiger partial charge in [0, 0.05) is 12.6 Å². The van der Waals surface area contributed by atoms with Crippen molar-refractivity contribution in [1.29, 1.82) is 0 Å². The average molecular weight is 392 g/mol. The second-order valence-electron chi connectivity index (χ2n) is 6.02. The molecule has 0 radical (unpaired) electrons. The van der Waals surface area contributed by atoms with Crippen LogP contribution in [-0.2, 0) is 14.8 Å². The Morgan fingerprint density at radius 2 is 1.92 bits per heavy atom. The number of halogens is 1. The number of ether oxygens (including phenoxy) is 1. The van der Waals surface area contributed by atoms with Crippen LogP contribution in [0.5, 0.6) is 5.75 Å². The molecule has 3 rings (SSSR count). The number of esters is 1. The summed E-state index contributed by atoms with van der Waals surface area (Å²) in [5.74, 6) is -0.0400. The summed E-state index contributed by atoms with van der Waals surface area (Å²) in [6.45, 7) is 2.38. The molecule has 0 atom stereocenters. The van der Waals surface area contributed by atoms with Crippen LogP contribution in [0.3, 0.4) is 0 Å². The molecule has 1 aliphatic rings. The summed E-state index contributed by atoms with van der Waals surface area (Å²) in [6, 6.07) is 12.2. The van der Waals surface area contributed by atoms with E-state index in [0.717, 1.165) is 11.1 Å². The van der Waals surface area contributed by atoms with Crippen molar-refractivity contribution in [3.05, 3.63) is 64.7 Å². The van der Waals surface area contributed by atoms with Crippen LogP contribution in [0, 0.1) is 6.92 Å². The molecule has 0 bridgehead atoms. The summed E-state index contributed by atoms with van der Waals surface area (Å²) in [7, 11) is -3.19. The van der Waals surface area contributed by atoms with E-state index in [-0.39, 0.29) is 5.75 Å². The molecule has 1 heterocycles. The summed E-state index contributed by atoms with van der Waals surface area (Å²) in [5.41, 5.74) is 2.33. The second-order valence-corrected chi connectivity index (χ2v) is 8.44. The van der Waals surface area contributed by atoms with Gasteiger partial charge in [0.25, 0.3) is 0 Å². The van der Waals surface area contributed by atoms with Crippen LogP contribution in [-0.4, -0.2) is 26.7 Å². The quantitative estimate of drug-likeness (QED) is 0.451. The van der Waals surface area contributed by atoms with Gasteiger partial charge in [0.05, 0.1) is 16.5 Å². The molecule has 26 heavy (non-hydrogen) atoms.